The van der Waals surface area contributed by atoms with Gasteiger partial charge in [0, 0.05) is 5.56 Å². The lowest BCUT2D eigenvalue weighted by Crippen LogP contribution is -2.44. The van der Waals surface area contributed by atoms with Crippen molar-refractivity contribution in [3.63, 3.8) is 0 Å². The van der Waals surface area contributed by atoms with Gasteiger partial charge in [-0.05, 0) is 12.0 Å². The van der Waals surface area contributed by atoms with E-state index in [1.165, 1.54) is 6.07 Å². The number of para-hydroxylation sites is 1. The molecule has 0 aromatic heterocycles. The fourth-order valence-corrected chi connectivity index (χ4v) is 1.57. The van der Waals surface area contributed by atoms with Gasteiger partial charge in [-0.15, -0.1) is 0 Å². The molecule has 1 rings (SSSR count). The van der Waals surface area contributed by atoms with Crippen LogP contribution in [0.3, 0.4) is 0 Å². The zero-order valence-electron chi connectivity index (χ0n) is 10.4. The highest BCUT2D eigenvalue weighted by atomic mass is 16.4. The third-order valence-electron chi connectivity index (χ3n) is 2.59. The minimum atomic E-state index is -1.06. The van der Waals surface area contributed by atoms with Crippen LogP contribution >= 0.6 is 0 Å². The monoisotopic (exact) mass is 251 g/mol. The van der Waals surface area contributed by atoms with Crippen molar-refractivity contribution < 1.29 is 19.8 Å². The summed E-state index contributed by atoms with van der Waals surface area (Å²) in [7, 11) is 0. The quantitative estimate of drug-likeness (QED) is 0.733. The number of aliphatic carboxylic acids is 1. The molecule has 0 fully saturated rings. The second kappa shape index (κ2) is 6.05. The summed E-state index contributed by atoms with van der Waals surface area (Å²) >= 11 is 0. The molecule has 3 N–H and O–H groups in total. The molecular weight excluding hydrogens is 234 g/mol. The van der Waals surface area contributed by atoms with Gasteiger partial charge >= 0.3 is 5.97 Å². The molecule has 18 heavy (non-hydrogen) atoms. The van der Waals surface area contributed by atoms with Crippen LogP contribution < -0.4 is 5.32 Å². The van der Waals surface area contributed by atoms with Gasteiger partial charge in [-0.25, -0.2) is 4.79 Å². The largest absolute Gasteiger partial charge is 0.508 e. The number of benzene rings is 1. The van der Waals surface area contributed by atoms with Crippen LogP contribution in [-0.2, 0) is 16.0 Å². The summed E-state index contributed by atoms with van der Waals surface area (Å²) in [6.07, 6.45) is -0.0385. The minimum absolute atomic E-state index is 0.0315. The van der Waals surface area contributed by atoms with Gasteiger partial charge in [0.2, 0.25) is 5.91 Å². The summed E-state index contributed by atoms with van der Waals surface area (Å²) < 4.78 is 0. The molecular formula is C13H17NO4. The number of phenols is 1. The summed E-state index contributed by atoms with van der Waals surface area (Å²) in [4.78, 5) is 22.6. The van der Waals surface area contributed by atoms with E-state index in [0.717, 1.165) is 0 Å². The SMILES string of the molecule is CC(C)[C@H](NC(=O)Cc1ccccc1O)C(=O)O. The number of carbonyl (C=O) groups is 2. The van der Waals surface area contributed by atoms with Crippen LogP contribution in [0.5, 0.6) is 5.75 Å². The van der Waals surface area contributed by atoms with Crippen molar-refractivity contribution in [1.82, 2.24) is 5.32 Å². The van der Waals surface area contributed by atoms with Gasteiger partial charge in [0.25, 0.3) is 0 Å². The van der Waals surface area contributed by atoms with Gasteiger partial charge in [0.1, 0.15) is 11.8 Å². The van der Waals surface area contributed by atoms with Crippen LogP contribution in [0.4, 0.5) is 0 Å². The van der Waals surface area contributed by atoms with Crippen molar-refractivity contribution in [2.24, 2.45) is 5.92 Å². The van der Waals surface area contributed by atoms with E-state index in [9.17, 15) is 14.7 Å². The van der Waals surface area contributed by atoms with Crippen molar-refractivity contribution in [3.05, 3.63) is 29.8 Å². The number of carbonyl (C=O) groups excluding carboxylic acids is 1. The smallest absolute Gasteiger partial charge is 0.326 e. The maximum Gasteiger partial charge on any atom is 0.326 e. The first kappa shape index (κ1) is 14.0. The van der Waals surface area contributed by atoms with E-state index in [-0.39, 0.29) is 18.1 Å². The van der Waals surface area contributed by atoms with E-state index in [1.807, 2.05) is 0 Å². The molecule has 5 heteroatoms. The molecule has 0 aliphatic heterocycles. The van der Waals surface area contributed by atoms with Crippen LogP contribution in [0.1, 0.15) is 19.4 Å². The number of aromatic hydroxyl groups is 1. The number of carboxylic acid groups (broad SMARTS) is 1. The van der Waals surface area contributed by atoms with E-state index in [0.29, 0.717) is 5.56 Å². The molecule has 1 atom stereocenters. The number of rotatable bonds is 5. The Morgan fingerprint density at radius 3 is 2.39 bits per heavy atom. The number of nitrogens with one attached hydrogen (secondary N) is 1. The van der Waals surface area contributed by atoms with Gasteiger partial charge < -0.3 is 15.5 Å². The second-order valence-corrected chi connectivity index (χ2v) is 4.43. The Bertz CT molecular complexity index is 442. The average molecular weight is 251 g/mol. The van der Waals surface area contributed by atoms with Crippen LogP contribution in [0.15, 0.2) is 24.3 Å². The summed E-state index contributed by atoms with van der Waals surface area (Å²) in [6.45, 7) is 3.44. The number of phenolic OH excluding ortho intramolecular Hbond substituents is 1. The van der Waals surface area contributed by atoms with Crippen molar-refractivity contribution in [2.45, 2.75) is 26.3 Å². The Morgan fingerprint density at radius 1 is 1.28 bits per heavy atom. The zero-order valence-corrected chi connectivity index (χ0v) is 10.4. The highest BCUT2D eigenvalue weighted by Crippen LogP contribution is 2.16. The number of hydrogen-bond donors (Lipinski definition) is 3. The third kappa shape index (κ3) is 3.76. The van der Waals surface area contributed by atoms with Crippen LogP contribution in [0, 0.1) is 5.92 Å². The number of carboxylic acids is 1. The molecule has 0 aliphatic carbocycles. The van der Waals surface area contributed by atoms with E-state index in [4.69, 9.17) is 5.11 Å². The first-order valence-corrected chi connectivity index (χ1v) is 5.71. The normalized spacial score (nSPS) is 12.2. The first-order valence-electron chi connectivity index (χ1n) is 5.71. The van der Waals surface area contributed by atoms with Gasteiger partial charge in [-0.1, -0.05) is 32.0 Å². The molecule has 1 amide bonds. The van der Waals surface area contributed by atoms with Gasteiger partial charge in [-0.2, -0.15) is 0 Å². The lowest BCUT2D eigenvalue weighted by molar-refractivity contribution is -0.143. The third-order valence-corrected chi connectivity index (χ3v) is 2.59. The molecule has 0 aliphatic rings. The first-order chi connectivity index (χ1) is 8.41. The van der Waals surface area contributed by atoms with Crippen molar-refractivity contribution in [1.29, 1.82) is 0 Å². The maximum absolute atomic E-state index is 11.7. The standard InChI is InChI=1S/C13H17NO4/c1-8(2)12(13(17)18)14-11(16)7-9-5-3-4-6-10(9)15/h3-6,8,12,15H,7H2,1-2H3,(H,14,16)(H,17,18)/t12-/m0/s1. The lowest BCUT2D eigenvalue weighted by Gasteiger charge is -2.18. The highest BCUT2D eigenvalue weighted by molar-refractivity contribution is 5.85. The highest BCUT2D eigenvalue weighted by Gasteiger charge is 2.23. The number of amides is 1. The second-order valence-electron chi connectivity index (χ2n) is 4.43. The fourth-order valence-electron chi connectivity index (χ4n) is 1.57. The van der Waals surface area contributed by atoms with Crippen molar-refractivity contribution >= 4 is 11.9 Å². The summed E-state index contributed by atoms with van der Waals surface area (Å²) in [5, 5.41) is 20.9. The molecule has 0 spiro atoms. The zero-order chi connectivity index (χ0) is 13.7. The fraction of sp³-hybridized carbons (Fsp3) is 0.385. The van der Waals surface area contributed by atoms with Crippen molar-refractivity contribution in [2.75, 3.05) is 0 Å². The lowest BCUT2D eigenvalue weighted by atomic mass is 10.0. The van der Waals surface area contributed by atoms with Gasteiger partial charge in [0.15, 0.2) is 0 Å². The Balaban J connectivity index is 2.67. The van der Waals surface area contributed by atoms with Crippen LogP contribution in [-0.4, -0.2) is 28.1 Å². The predicted octanol–water partition coefficient (Wildman–Crippen LogP) is 1.16. The molecule has 0 saturated carbocycles. The van der Waals surface area contributed by atoms with Crippen molar-refractivity contribution in [3.8, 4) is 5.75 Å². The summed E-state index contributed by atoms with van der Waals surface area (Å²) in [5.74, 6) is -1.65. The molecule has 1 aromatic carbocycles. The summed E-state index contributed by atoms with van der Waals surface area (Å²) in [5.41, 5.74) is 0.475. The van der Waals surface area contributed by atoms with Gasteiger partial charge in [0.05, 0.1) is 6.42 Å². The van der Waals surface area contributed by atoms with Gasteiger partial charge in [-0.3, -0.25) is 4.79 Å². The Labute approximate surface area is 105 Å². The molecule has 0 heterocycles. The molecule has 98 valence electrons. The van der Waals surface area contributed by atoms with Crippen LogP contribution in [0.2, 0.25) is 0 Å². The minimum Gasteiger partial charge on any atom is -0.508 e. The summed E-state index contributed by atoms with van der Waals surface area (Å²) in [6, 6.07) is 5.56. The van der Waals surface area contributed by atoms with E-state index in [2.05, 4.69) is 5.32 Å². The Kier molecular flexibility index (Phi) is 4.71. The molecule has 1 aromatic rings. The maximum atomic E-state index is 11.7. The molecule has 0 radical (unpaired) electrons. The predicted molar refractivity (Wildman–Crippen MR) is 66.2 cm³/mol. The molecule has 5 nitrogen and oxygen atoms in total. The average Bonchev–Trinajstić information content (AvgIpc) is 2.28. The Hall–Kier alpha value is -2.04. The van der Waals surface area contributed by atoms with Crippen LogP contribution in [0.25, 0.3) is 0 Å². The molecule has 0 unspecified atom stereocenters. The van der Waals surface area contributed by atoms with E-state index >= 15 is 0 Å². The Morgan fingerprint density at radius 2 is 1.89 bits per heavy atom. The topological polar surface area (TPSA) is 86.6 Å². The van der Waals surface area contributed by atoms with E-state index in [1.54, 1.807) is 32.0 Å². The number of hydrogen-bond acceptors (Lipinski definition) is 3. The molecule has 0 saturated heterocycles. The molecule has 0 bridgehead atoms. The van der Waals surface area contributed by atoms with E-state index < -0.39 is 17.9 Å².